The van der Waals surface area contributed by atoms with Crippen LogP contribution < -0.4 is 0 Å². The lowest BCUT2D eigenvalue weighted by molar-refractivity contribution is -0.0222. The summed E-state index contributed by atoms with van der Waals surface area (Å²) in [5, 5.41) is 0. The van der Waals surface area contributed by atoms with Crippen LogP contribution >= 0.6 is 0 Å². The number of hydrogen-bond acceptors (Lipinski definition) is 2. The minimum Gasteiger partial charge on any atom is -0.379 e. The molecular weight excluding hydrogens is 162 g/mol. The summed E-state index contributed by atoms with van der Waals surface area (Å²) < 4.78 is 5.41. The maximum absolute atomic E-state index is 5.41. The van der Waals surface area contributed by atoms with Gasteiger partial charge in [0.25, 0.3) is 0 Å². The highest BCUT2D eigenvalue weighted by atomic mass is 16.5. The van der Waals surface area contributed by atoms with Crippen molar-refractivity contribution in [1.29, 1.82) is 0 Å². The van der Waals surface area contributed by atoms with Crippen molar-refractivity contribution in [2.75, 3.05) is 26.3 Å². The average Bonchev–Trinajstić information content (AvgIpc) is 2.69. The van der Waals surface area contributed by atoms with Gasteiger partial charge in [-0.25, -0.2) is 0 Å². The van der Waals surface area contributed by atoms with Gasteiger partial charge in [0.15, 0.2) is 0 Å². The molecule has 0 aromatic heterocycles. The fourth-order valence-corrected chi connectivity index (χ4v) is 2.96. The number of morpholine rings is 1. The zero-order valence-corrected chi connectivity index (χ0v) is 8.72. The molecule has 0 radical (unpaired) electrons. The molecule has 2 nitrogen and oxygen atoms in total. The second-order valence-corrected chi connectivity index (χ2v) is 4.38. The quantitative estimate of drug-likeness (QED) is 0.649. The van der Waals surface area contributed by atoms with Crippen molar-refractivity contribution in [2.45, 2.75) is 44.6 Å². The van der Waals surface area contributed by atoms with E-state index in [0.717, 1.165) is 26.3 Å². The average molecular weight is 183 g/mol. The molecule has 1 aliphatic carbocycles. The Bertz CT molecular complexity index is 157. The molecule has 2 aliphatic rings. The molecule has 1 aliphatic heterocycles. The van der Waals surface area contributed by atoms with E-state index in [-0.39, 0.29) is 0 Å². The predicted molar refractivity (Wildman–Crippen MR) is 53.9 cm³/mol. The van der Waals surface area contributed by atoms with Crippen LogP contribution in [0.5, 0.6) is 0 Å². The fourth-order valence-electron chi connectivity index (χ4n) is 2.96. The van der Waals surface area contributed by atoms with Crippen molar-refractivity contribution in [1.82, 2.24) is 4.90 Å². The Kier molecular flexibility index (Phi) is 2.89. The Balaban J connectivity index is 2.01. The first kappa shape index (κ1) is 9.47. The molecule has 0 amide bonds. The predicted octanol–water partition coefficient (Wildman–Crippen LogP) is 2.04. The van der Waals surface area contributed by atoms with Crippen molar-refractivity contribution in [3.8, 4) is 0 Å². The van der Waals surface area contributed by atoms with E-state index in [2.05, 4.69) is 11.8 Å². The highest BCUT2D eigenvalue weighted by Crippen LogP contribution is 2.38. The van der Waals surface area contributed by atoms with Crippen LogP contribution in [0.2, 0.25) is 0 Å². The Morgan fingerprint density at radius 2 is 1.77 bits per heavy atom. The Labute approximate surface area is 81.3 Å². The van der Waals surface area contributed by atoms with Gasteiger partial charge in [0.2, 0.25) is 0 Å². The van der Waals surface area contributed by atoms with Crippen molar-refractivity contribution in [2.24, 2.45) is 0 Å². The molecule has 1 saturated carbocycles. The Hall–Kier alpha value is -0.0800. The van der Waals surface area contributed by atoms with Crippen molar-refractivity contribution in [3.05, 3.63) is 0 Å². The zero-order chi connectivity index (χ0) is 9.15. The van der Waals surface area contributed by atoms with Gasteiger partial charge in [-0.3, -0.25) is 4.90 Å². The maximum atomic E-state index is 5.41. The molecule has 2 rings (SSSR count). The van der Waals surface area contributed by atoms with Gasteiger partial charge in [0.05, 0.1) is 13.2 Å². The zero-order valence-electron chi connectivity index (χ0n) is 8.72. The van der Waals surface area contributed by atoms with E-state index >= 15 is 0 Å². The summed E-state index contributed by atoms with van der Waals surface area (Å²) in [6, 6.07) is 0. The second kappa shape index (κ2) is 3.97. The summed E-state index contributed by atoms with van der Waals surface area (Å²) in [4.78, 5) is 2.68. The van der Waals surface area contributed by atoms with Crippen LogP contribution in [0.4, 0.5) is 0 Å². The van der Waals surface area contributed by atoms with E-state index in [4.69, 9.17) is 4.74 Å². The molecular formula is C11H21NO. The molecule has 0 atom stereocenters. The van der Waals surface area contributed by atoms with Gasteiger partial charge in [-0.2, -0.15) is 0 Å². The first-order chi connectivity index (χ1) is 6.37. The lowest BCUT2D eigenvalue weighted by Crippen LogP contribution is -2.51. The highest BCUT2D eigenvalue weighted by molar-refractivity contribution is 4.94. The normalized spacial score (nSPS) is 29.3. The molecule has 1 saturated heterocycles. The van der Waals surface area contributed by atoms with E-state index in [9.17, 15) is 0 Å². The first-order valence-electron chi connectivity index (χ1n) is 5.70. The van der Waals surface area contributed by atoms with E-state index in [1.165, 1.54) is 32.1 Å². The minimum atomic E-state index is 0.559. The molecule has 0 unspecified atom stereocenters. The van der Waals surface area contributed by atoms with Crippen LogP contribution in [0.15, 0.2) is 0 Å². The van der Waals surface area contributed by atoms with E-state index in [0.29, 0.717) is 5.54 Å². The highest BCUT2D eigenvalue weighted by Gasteiger charge is 2.38. The molecule has 0 aromatic carbocycles. The second-order valence-electron chi connectivity index (χ2n) is 4.38. The molecule has 76 valence electrons. The number of hydrogen-bond donors (Lipinski definition) is 0. The summed E-state index contributed by atoms with van der Waals surface area (Å²) >= 11 is 0. The summed E-state index contributed by atoms with van der Waals surface area (Å²) in [6.45, 7) is 6.56. The van der Waals surface area contributed by atoms with Gasteiger partial charge in [-0.1, -0.05) is 19.8 Å². The van der Waals surface area contributed by atoms with Crippen molar-refractivity contribution < 1.29 is 4.74 Å². The van der Waals surface area contributed by atoms with Crippen LogP contribution in [-0.2, 0) is 4.74 Å². The lowest BCUT2D eigenvalue weighted by atomic mass is 9.91. The minimum absolute atomic E-state index is 0.559. The molecule has 2 heteroatoms. The first-order valence-corrected chi connectivity index (χ1v) is 5.70. The Morgan fingerprint density at radius 1 is 1.15 bits per heavy atom. The summed E-state index contributed by atoms with van der Waals surface area (Å²) in [5.41, 5.74) is 0.559. The lowest BCUT2D eigenvalue weighted by Gasteiger charge is -2.43. The molecule has 0 spiro atoms. The molecule has 1 heterocycles. The van der Waals surface area contributed by atoms with Gasteiger partial charge < -0.3 is 4.74 Å². The standard InChI is InChI=1S/C11H21NO/c1-2-11(5-3-4-6-11)12-7-9-13-10-8-12/h2-10H2,1H3. The Morgan fingerprint density at radius 3 is 2.31 bits per heavy atom. The van der Waals surface area contributed by atoms with Crippen molar-refractivity contribution in [3.63, 3.8) is 0 Å². The number of rotatable bonds is 2. The van der Waals surface area contributed by atoms with Gasteiger partial charge in [-0.15, -0.1) is 0 Å². The van der Waals surface area contributed by atoms with E-state index in [1.54, 1.807) is 0 Å². The van der Waals surface area contributed by atoms with E-state index < -0.39 is 0 Å². The molecule has 2 fully saturated rings. The van der Waals surface area contributed by atoms with Crippen LogP contribution in [0.3, 0.4) is 0 Å². The fraction of sp³-hybridized carbons (Fsp3) is 1.00. The van der Waals surface area contributed by atoms with Crippen LogP contribution in [-0.4, -0.2) is 36.7 Å². The third-order valence-corrected chi connectivity index (χ3v) is 3.87. The van der Waals surface area contributed by atoms with Gasteiger partial charge in [0, 0.05) is 18.6 Å². The van der Waals surface area contributed by atoms with E-state index in [1.807, 2.05) is 0 Å². The topological polar surface area (TPSA) is 12.5 Å². The van der Waals surface area contributed by atoms with Gasteiger partial charge >= 0.3 is 0 Å². The third-order valence-electron chi connectivity index (χ3n) is 3.87. The maximum Gasteiger partial charge on any atom is 0.0594 e. The smallest absolute Gasteiger partial charge is 0.0594 e. The summed E-state index contributed by atoms with van der Waals surface area (Å²) in [6.07, 6.45) is 7.04. The number of nitrogens with zero attached hydrogens (tertiary/aromatic N) is 1. The molecule has 0 aromatic rings. The monoisotopic (exact) mass is 183 g/mol. The summed E-state index contributed by atoms with van der Waals surface area (Å²) in [7, 11) is 0. The molecule has 0 bridgehead atoms. The number of ether oxygens (including phenoxy) is 1. The SMILES string of the molecule is CCC1(N2CCOCC2)CCCC1. The largest absolute Gasteiger partial charge is 0.379 e. The van der Waals surface area contributed by atoms with Crippen LogP contribution in [0.25, 0.3) is 0 Å². The van der Waals surface area contributed by atoms with Gasteiger partial charge in [0.1, 0.15) is 0 Å². The molecule has 13 heavy (non-hydrogen) atoms. The third kappa shape index (κ3) is 1.75. The van der Waals surface area contributed by atoms with Gasteiger partial charge in [-0.05, 0) is 19.3 Å². The van der Waals surface area contributed by atoms with Crippen LogP contribution in [0, 0.1) is 0 Å². The van der Waals surface area contributed by atoms with Crippen LogP contribution in [0.1, 0.15) is 39.0 Å². The van der Waals surface area contributed by atoms with Crippen molar-refractivity contribution >= 4 is 0 Å². The summed E-state index contributed by atoms with van der Waals surface area (Å²) in [5.74, 6) is 0. The molecule has 0 N–H and O–H groups in total.